The molecule has 1 aromatic carbocycles. The first-order chi connectivity index (χ1) is 8.36. The maximum absolute atomic E-state index is 9.08. The van der Waals surface area contributed by atoms with Crippen molar-refractivity contribution in [3.05, 3.63) is 42.1 Å². The Balaban J connectivity index is 2.12. The number of aliphatic hydroxyl groups excluding tert-OH is 1. The number of aromatic nitrogens is 3. The predicted octanol–water partition coefficient (Wildman–Crippen LogP) is 1.78. The van der Waals surface area contributed by atoms with Crippen molar-refractivity contribution in [3.63, 3.8) is 0 Å². The van der Waals surface area contributed by atoms with Gasteiger partial charge in [-0.05, 0) is 40.1 Å². The van der Waals surface area contributed by atoms with Crippen LogP contribution >= 0.6 is 0 Å². The summed E-state index contributed by atoms with van der Waals surface area (Å²) in [7, 11) is 0. The van der Waals surface area contributed by atoms with Crippen LogP contribution in [0.5, 0.6) is 0 Å². The molecule has 3 aromatic rings. The van der Waals surface area contributed by atoms with Crippen molar-refractivity contribution < 1.29 is 9.74 Å². The third kappa shape index (κ3) is 1.76. The van der Waals surface area contributed by atoms with E-state index >= 15 is 0 Å². The summed E-state index contributed by atoms with van der Waals surface area (Å²) in [5.74, 6) is 0. The lowest BCUT2D eigenvalue weighted by atomic mass is 10.1. The maximum atomic E-state index is 9.08. The third-order valence-corrected chi connectivity index (χ3v) is 2.56. The molecule has 3 rings (SSSR count). The summed E-state index contributed by atoms with van der Waals surface area (Å²) >= 11 is 0. The van der Waals surface area contributed by atoms with Gasteiger partial charge < -0.3 is 5.11 Å². The van der Waals surface area contributed by atoms with E-state index in [4.69, 9.17) is 5.11 Å². The molecule has 0 unspecified atom stereocenters. The minimum Gasteiger partial charge on any atom is -0.392 e. The second-order valence-corrected chi connectivity index (χ2v) is 3.68. The molecule has 0 saturated heterocycles. The van der Waals surface area contributed by atoms with E-state index in [1.165, 1.54) is 0 Å². The van der Waals surface area contributed by atoms with Gasteiger partial charge in [-0.2, -0.15) is 0 Å². The van der Waals surface area contributed by atoms with E-state index in [0.29, 0.717) is 11.0 Å². The van der Waals surface area contributed by atoms with Gasteiger partial charge in [0.25, 0.3) is 0 Å². The summed E-state index contributed by atoms with van der Waals surface area (Å²) in [6, 6.07) is 9.20. The number of hydrogen-bond donors (Lipinski definition) is 1. The maximum Gasteiger partial charge on any atom is 0.135 e. The summed E-state index contributed by atoms with van der Waals surface area (Å²) in [5, 5.41) is 16.6. The minimum absolute atomic E-state index is 0.00325. The summed E-state index contributed by atoms with van der Waals surface area (Å²) in [5.41, 5.74) is 3.95. The third-order valence-electron chi connectivity index (χ3n) is 2.56. The lowest BCUT2D eigenvalue weighted by Gasteiger charge is -2.02. The lowest BCUT2D eigenvalue weighted by molar-refractivity contribution is 0.282. The van der Waals surface area contributed by atoms with Crippen LogP contribution in [0.25, 0.3) is 22.3 Å². The van der Waals surface area contributed by atoms with Crippen LogP contribution in [-0.2, 0) is 6.61 Å². The molecule has 5 nitrogen and oxygen atoms in total. The number of fused-ring (bicyclic) bond motifs is 1. The monoisotopic (exact) mass is 227 g/mol. The zero-order chi connectivity index (χ0) is 11.7. The van der Waals surface area contributed by atoms with Crippen LogP contribution in [0, 0.1) is 0 Å². The molecule has 0 radical (unpaired) electrons. The zero-order valence-corrected chi connectivity index (χ0v) is 8.87. The van der Waals surface area contributed by atoms with Gasteiger partial charge in [0.05, 0.1) is 12.3 Å². The normalized spacial score (nSPS) is 10.9. The number of rotatable bonds is 2. The topological polar surface area (TPSA) is 72.0 Å². The smallest absolute Gasteiger partial charge is 0.135 e. The molecule has 0 aliphatic heterocycles. The van der Waals surface area contributed by atoms with Crippen LogP contribution in [0.15, 0.2) is 41.2 Å². The molecule has 84 valence electrons. The van der Waals surface area contributed by atoms with Crippen LogP contribution in [0.3, 0.4) is 0 Å². The Kier molecular flexibility index (Phi) is 2.31. The Labute approximate surface area is 96.7 Å². The molecule has 0 atom stereocenters. The van der Waals surface area contributed by atoms with Gasteiger partial charge in [-0.3, -0.25) is 4.98 Å². The van der Waals surface area contributed by atoms with Crippen LogP contribution < -0.4 is 0 Å². The minimum atomic E-state index is 0.00325. The van der Waals surface area contributed by atoms with Crippen molar-refractivity contribution in [2.45, 2.75) is 6.61 Å². The summed E-state index contributed by atoms with van der Waals surface area (Å²) in [6.45, 7) is 0.00325. The fourth-order valence-electron chi connectivity index (χ4n) is 1.67. The number of nitrogens with zero attached hydrogens (tertiary/aromatic N) is 3. The van der Waals surface area contributed by atoms with E-state index < -0.39 is 0 Å². The molecule has 17 heavy (non-hydrogen) atoms. The van der Waals surface area contributed by atoms with E-state index in [9.17, 15) is 0 Å². The molecule has 1 N–H and O–H groups in total. The van der Waals surface area contributed by atoms with Gasteiger partial charge in [-0.25, -0.2) is 4.63 Å². The van der Waals surface area contributed by atoms with Crippen molar-refractivity contribution in [2.75, 3.05) is 0 Å². The Morgan fingerprint density at radius 2 is 1.94 bits per heavy atom. The van der Waals surface area contributed by atoms with Gasteiger partial charge in [0.1, 0.15) is 11.0 Å². The van der Waals surface area contributed by atoms with E-state index in [-0.39, 0.29) is 6.61 Å². The van der Waals surface area contributed by atoms with Crippen LogP contribution in [0.1, 0.15) is 5.56 Å². The van der Waals surface area contributed by atoms with Gasteiger partial charge in [-0.1, -0.05) is 6.07 Å². The Morgan fingerprint density at radius 1 is 1.06 bits per heavy atom. The molecule has 0 amide bonds. The average molecular weight is 227 g/mol. The fourth-order valence-corrected chi connectivity index (χ4v) is 1.67. The van der Waals surface area contributed by atoms with Crippen molar-refractivity contribution in [2.24, 2.45) is 0 Å². The quantitative estimate of drug-likeness (QED) is 0.722. The van der Waals surface area contributed by atoms with Crippen LogP contribution in [0.4, 0.5) is 0 Å². The zero-order valence-electron chi connectivity index (χ0n) is 8.87. The number of hydrogen-bond acceptors (Lipinski definition) is 5. The molecule has 0 spiro atoms. The van der Waals surface area contributed by atoms with Gasteiger partial charge in [0.2, 0.25) is 0 Å². The molecular weight excluding hydrogens is 218 g/mol. The highest BCUT2D eigenvalue weighted by molar-refractivity contribution is 5.79. The first kappa shape index (κ1) is 9.92. The molecule has 0 saturated carbocycles. The van der Waals surface area contributed by atoms with Crippen molar-refractivity contribution in [3.8, 4) is 11.3 Å². The van der Waals surface area contributed by atoms with Crippen LogP contribution in [-0.4, -0.2) is 20.4 Å². The van der Waals surface area contributed by atoms with E-state index in [0.717, 1.165) is 16.8 Å². The summed E-state index contributed by atoms with van der Waals surface area (Å²) < 4.78 is 4.64. The highest BCUT2D eigenvalue weighted by atomic mass is 16.6. The van der Waals surface area contributed by atoms with E-state index in [2.05, 4.69) is 19.9 Å². The van der Waals surface area contributed by atoms with Gasteiger partial charge >= 0.3 is 0 Å². The molecule has 2 aromatic heterocycles. The standard InChI is InChI=1S/C12H9N3O2/c16-7-8-3-4-13-11(5-8)9-1-2-10-12(6-9)15-17-14-10/h1-6,16H,7H2. The SMILES string of the molecule is OCc1ccnc(-c2ccc3nonc3c2)c1. The Bertz CT molecular complexity index is 663. The fraction of sp³-hybridized carbons (Fsp3) is 0.0833. The highest BCUT2D eigenvalue weighted by Gasteiger charge is 2.05. The Morgan fingerprint density at radius 3 is 2.82 bits per heavy atom. The molecule has 0 aliphatic rings. The van der Waals surface area contributed by atoms with Crippen LogP contribution in [0.2, 0.25) is 0 Å². The molecule has 0 fully saturated rings. The first-order valence-corrected chi connectivity index (χ1v) is 5.15. The first-order valence-electron chi connectivity index (χ1n) is 5.15. The van der Waals surface area contributed by atoms with Gasteiger partial charge in [0, 0.05) is 11.8 Å². The molecule has 5 heteroatoms. The highest BCUT2D eigenvalue weighted by Crippen LogP contribution is 2.21. The number of pyridine rings is 1. The molecule has 0 bridgehead atoms. The number of benzene rings is 1. The second-order valence-electron chi connectivity index (χ2n) is 3.68. The second kappa shape index (κ2) is 3.95. The summed E-state index contributed by atoms with van der Waals surface area (Å²) in [6.07, 6.45) is 1.67. The lowest BCUT2D eigenvalue weighted by Crippen LogP contribution is -1.88. The molecule has 2 heterocycles. The van der Waals surface area contributed by atoms with Gasteiger partial charge in [0.15, 0.2) is 0 Å². The van der Waals surface area contributed by atoms with Gasteiger partial charge in [-0.15, -0.1) is 0 Å². The number of aliphatic hydroxyl groups is 1. The van der Waals surface area contributed by atoms with Crippen molar-refractivity contribution >= 4 is 11.0 Å². The van der Waals surface area contributed by atoms with Crippen molar-refractivity contribution in [1.29, 1.82) is 0 Å². The van der Waals surface area contributed by atoms with Crippen molar-refractivity contribution in [1.82, 2.24) is 15.3 Å². The largest absolute Gasteiger partial charge is 0.392 e. The molecule has 0 aliphatic carbocycles. The predicted molar refractivity (Wildman–Crippen MR) is 61.0 cm³/mol. The Hall–Kier alpha value is -2.27. The summed E-state index contributed by atoms with van der Waals surface area (Å²) in [4.78, 5) is 4.26. The van der Waals surface area contributed by atoms with E-state index in [1.807, 2.05) is 24.3 Å². The van der Waals surface area contributed by atoms with E-state index in [1.54, 1.807) is 12.3 Å². The molecular formula is C12H9N3O2. The average Bonchev–Trinajstić information content (AvgIpc) is 2.86.